The molecule has 1 N–H and O–H groups in total. The molecule has 0 fully saturated rings. The topological polar surface area (TPSA) is 64.6 Å². The summed E-state index contributed by atoms with van der Waals surface area (Å²) < 4.78 is 37.8. The van der Waals surface area contributed by atoms with Crippen LogP contribution < -0.4 is 14.2 Å². The number of nitrogens with one attached hydrogen (secondary N) is 1. The summed E-state index contributed by atoms with van der Waals surface area (Å²) >= 11 is 0. The summed E-state index contributed by atoms with van der Waals surface area (Å²) in [5.74, 6) is 1.73. The van der Waals surface area contributed by atoms with Gasteiger partial charge in [0, 0.05) is 5.69 Å². The lowest BCUT2D eigenvalue weighted by Crippen LogP contribution is -2.13. The highest BCUT2D eigenvalue weighted by atomic mass is 32.2. The first-order valence-electron chi connectivity index (χ1n) is 7.30. The molecule has 0 heterocycles. The number of benzene rings is 2. The van der Waals surface area contributed by atoms with Gasteiger partial charge in [0.25, 0.3) is 10.0 Å². The summed E-state index contributed by atoms with van der Waals surface area (Å²) in [5, 5.41) is 0. The van der Waals surface area contributed by atoms with E-state index in [0.717, 1.165) is 0 Å². The van der Waals surface area contributed by atoms with Gasteiger partial charge < -0.3 is 9.47 Å². The number of ether oxygens (including phenoxy) is 2. The molecule has 0 saturated heterocycles. The smallest absolute Gasteiger partial charge is 0.261 e. The van der Waals surface area contributed by atoms with E-state index in [1.54, 1.807) is 43.5 Å². The third kappa shape index (κ3) is 4.89. The number of anilines is 1. The Kier molecular flexibility index (Phi) is 5.50. The predicted molar refractivity (Wildman–Crippen MR) is 90.6 cm³/mol. The number of sulfonamides is 1. The fraction of sp³-hybridized carbons (Fsp3) is 0.294. The Bertz CT molecular complexity index is 722. The van der Waals surface area contributed by atoms with Gasteiger partial charge >= 0.3 is 0 Å². The first-order valence-corrected chi connectivity index (χ1v) is 8.79. The maximum Gasteiger partial charge on any atom is 0.261 e. The Morgan fingerprint density at radius 3 is 2.04 bits per heavy atom. The van der Waals surface area contributed by atoms with Gasteiger partial charge in [0.05, 0.1) is 18.6 Å². The van der Waals surface area contributed by atoms with Crippen LogP contribution in [0.5, 0.6) is 11.5 Å². The Labute approximate surface area is 137 Å². The molecule has 0 saturated carbocycles. The van der Waals surface area contributed by atoms with Crippen LogP contribution in [0.3, 0.4) is 0 Å². The molecule has 0 radical (unpaired) electrons. The maximum atomic E-state index is 12.4. The van der Waals surface area contributed by atoms with Gasteiger partial charge in [0.2, 0.25) is 0 Å². The van der Waals surface area contributed by atoms with Gasteiger partial charge in [0.15, 0.2) is 0 Å². The van der Waals surface area contributed by atoms with Crippen LogP contribution >= 0.6 is 0 Å². The molecule has 0 aromatic heterocycles. The third-order valence-corrected chi connectivity index (χ3v) is 4.46. The minimum Gasteiger partial charge on any atom is -0.497 e. The average Bonchev–Trinajstić information content (AvgIpc) is 2.53. The average molecular weight is 335 g/mol. The van der Waals surface area contributed by atoms with Crippen molar-refractivity contribution < 1.29 is 17.9 Å². The molecule has 2 aromatic carbocycles. The van der Waals surface area contributed by atoms with Crippen LogP contribution in [0.25, 0.3) is 0 Å². The lowest BCUT2D eigenvalue weighted by Gasteiger charge is -2.11. The van der Waals surface area contributed by atoms with Crippen LogP contribution in [0.15, 0.2) is 53.4 Å². The highest BCUT2D eigenvalue weighted by molar-refractivity contribution is 7.92. The highest BCUT2D eigenvalue weighted by Gasteiger charge is 2.14. The van der Waals surface area contributed by atoms with Crippen molar-refractivity contribution >= 4 is 15.7 Å². The zero-order valence-corrected chi connectivity index (χ0v) is 14.3. The Balaban J connectivity index is 2.09. The van der Waals surface area contributed by atoms with Crippen molar-refractivity contribution in [3.63, 3.8) is 0 Å². The number of methoxy groups -OCH3 is 1. The van der Waals surface area contributed by atoms with Gasteiger partial charge in [-0.1, -0.05) is 13.8 Å². The van der Waals surface area contributed by atoms with Crippen molar-refractivity contribution in [2.45, 2.75) is 18.7 Å². The zero-order valence-electron chi connectivity index (χ0n) is 13.4. The minimum absolute atomic E-state index is 0.185. The van der Waals surface area contributed by atoms with Crippen molar-refractivity contribution in [2.24, 2.45) is 5.92 Å². The molecule has 2 aromatic rings. The molecule has 23 heavy (non-hydrogen) atoms. The first kappa shape index (κ1) is 17.1. The van der Waals surface area contributed by atoms with Gasteiger partial charge in [-0.15, -0.1) is 0 Å². The van der Waals surface area contributed by atoms with Gasteiger partial charge in [-0.2, -0.15) is 0 Å². The van der Waals surface area contributed by atoms with Crippen LogP contribution in [0, 0.1) is 5.92 Å². The molecule has 2 rings (SSSR count). The van der Waals surface area contributed by atoms with E-state index in [1.807, 2.05) is 0 Å². The zero-order chi connectivity index (χ0) is 16.9. The third-order valence-electron chi connectivity index (χ3n) is 3.06. The summed E-state index contributed by atoms with van der Waals surface area (Å²) in [6.45, 7) is 4.70. The van der Waals surface area contributed by atoms with Crippen molar-refractivity contribution in [1.29, 1.82) is 0 Å². The Hall–Kier alpha value is -2.21. The van der Waals surface area contributed by atoms with E-state index < -0.39 is 10.0 Å². The second-order valence-corrected chi connectivity index (χ2v) is 7.19. The van der Waals surface area contributed by atoms with Gasteiger partial charge in [-0.3, -0.25) is 4.72 Å². The summed E-state index contributed by atoms with van der Waals surface area (Å²) in [6.07, 6.45) is 0. The molecular weight excluding hydrogens is 314 g/mol. The number of hydrogen-bond acceptors (Lipinski definition) is 4. The Morgan fingerprint density at radius 1 is 0.957 bits per heavy atom. The second-order valence-electron chi connectivity index (χ2n) is 5.51. The van der Waals surface area contributed by atoms with E-state index >= 15 is 0 Å². The van der Waals surface area contributed by atoms with E-state index in [9.17, 15) is 8.42 Å². The molecule has 0 aliphatic heterocycles. The molecule has 6 heteroatoms. The molecule has 5 nitrogen and oxygen atoms in total. The first-order chi connectivity index (χ1) is 10.9. The molecule has 0 spiro atoms. The SMILES string of the molecule is COc1ccc(NS(=O)(=O)c2ccc(OCC(C)C)cc2)cc1. The van der Waals surface area contributed by atoms with Crippen molar-refractivity contribution in [3.05, 3.63) is 48.5 Å². The Morgan fingerprint density at radius 2 is 1.52 bits per heavy atom. The molecule has 124 valence electrons. The molecule has 0 unspecified atom stereocenters. The van der Waals surface area contributed by atoms with Crippen LogP contribution in [0.2, 0.25) is 0 Å². The van der Waals surface area contributed by atoms with Gasteiger partial charge in [-0.25, -0.2) is 8.42 Å². The van der Waals surface area contributed by atoms with Crippen LogP contribution in [0.1, 0.15) is 13.8 Å². The normalized spacial score (nSPS) is 11.3. The van der Waals surface area contributed by atoms with Crippen molar-refractivity contribution in [2.75, 3.05) is 18.4 Å². The molecule has 0 aliphatic rings. The maximum absolute atomic E-state index is 12.4. The monoisotopic (exact) mass is 335 g/mol. The van der Waals surface area contributed by atoms with Gasteiger partial charge in [0.1, 0.15) is 11.5 Å². The standard InChI is InChI=1S/C17H21NO4S/c1-13(2)12-22-16-8-10-17(11-9-16)23(19,20)18-14-4-6-15(21-3)7-5-14/h4-11,13,18H,12H2,1-3H3. The molecule has 0 atom stereocenters. The van der Waals surface area contributed by atoms with E-state index in [2.05, 4.69) is 18.6 Å². The van der Waals surface area contributed by atoms with E-state index in [0.29, 0.717) is 29.7 Å². The summed E-state index contributed by atoms with van der Waals surface area (Å²) in [6, 6.07) is 13.1. The van der Waals surface area contributed by atoms with Crippen LogP contribution in [0.4, 0.5) is 5.69 Å². The summed E-state index contributed by atoms with van der Waals surface area (Å²) in [7, 11) is -2.07. The molecular formula is C17H21NO4S. The molecule has 0 amide bonds. The lowest BCUT2D eigenvalue weighted by molar-refractivity contribution is 0.271. The quantitative estimate of drug-likeness (QED) is 0.841. The number of hydrogen-bond donors (Lipinski definition) is 1. The highest BCUT2D eigenvalue weighted by Crippen LogP contribution is 2.21. The summed E-state index contributed by atoms with van der Waals surface area (Å²) in [5.41, 5.74) is 0.478. The van der Waals surface area contributed by atoms with Crippen LogP contribution in [-0.2, 0) is 10.0 Å². The minimum atomic E-state index is -3.63. The van der Waals surface area contributed by atoms with Gasteiger partial charge in [-0.05, 0) is 54.4 Å². The largest absolute Gasteiger partial charge is 0.497 e. The predicted octanol–water partition coefficient (Wildman–Crippen LogP) is 3.53. The molecule has 0 bridgehead atoms. The number of rotatable bonds is 7. The lowest BCUT2D eigenvalue weighted by atomic mass is 10.2. The second kappa shape index (κ2) is 7.37. The molecule has 0 aliphatic carbocycles. The fourth-order valence-corrected chi connectivity index (χ4v) is 2.91. The summed E-state index contributed by atoms with van der Waals surface area (Å²) in [4.78, 5) is 0.185. The van der Waals surface area contributed by atoms with E-state index in [1.165, 1.54) is 12.1 Å². The fourth-order valence-electron chi connectivity index (χ4n) is 1.85. The van der Waals surface area contributed by atoms with Crippen LogP contribution in [-0.4, -0.2) is 22.1 Å². The van der Waals surface area contributed by atoms with E-state index in [4.69, 9.17) is 9.47 Å². The van der Waals surface area contributed by atoms with E-state index in [-0.39, 0.29) is 4.90 Å². The van der Waals surface area contributed by atoms with Crippen molar-refractivity contribution in [3.8, 4) is 11.5 Å². The van der Waals surface area contributed by atoms with Crippen molar-refractivity contribution in [1.82, 2.24) is 0 Å².